The van der Waals surface area contributed by atoms with Gasteiger partial charge in [0.15, 0.2) is 5.78 Å². The Morgan fingerprint density at radius 1 is 1.03 bits per heavy atom. The smallest absolute Gasteiger partial charge is 0.246 e. The second-order valence-electron chi connectivity index (χ2n) is 6.82. The van der Waals surface area contributed by atoms with Gasteiger partial charge in [-0.1, -0.05) is 31.2 Å². The molecule has 0 radical (unpaired) electrons. The average Bonchev–Trinajstić information content (AvgIpc) is 2.71. The van der Waals surface area contributed by atoms with Crippen molar-refractivity contribution in [2.24, 2.45) is 0 Å². The zero-order valence-electron chi connectivity index (χ0n) is 17.7. The zero-order valence-corrected chi connectivity index (χ0v) is 17.7. The average molecular weight is 404 g/mol. The first-order valence-corrected chi connectivity index (χ1v) is 10.0. The molecule has 29 heavy (non-hydrogen) atoms. The zero-order chi connectivity index (χ0) is 21.5. The number of benzene rings is 1. The van der Waals surface area contributed by atoms with Crippen molar-refractivity contribution in [3.8, 4) is 0 Å². The molecule has 0 aliphatic carbocycles. The van der Waals surface area contributed by atoms with Gasteiger partial charge in [0.05, 0.1) is 0 Å². The lowest BCUT2D eigenvalue weighted by molar-refractivity contribution is -0.126. The molecule has 2 amide bonds. The normalized spacial score (nSPS) is 11.1. The molecule has 3 N–H and O–H groups in total. The largest absolute Gasteiger partial charge is 0.392 e. The van der Waals surface area contributed by atoms with Gasteiger partial charge in [-0.15, -0.1) is 0 Å². The van der Waals surface area contributed by atoms with Crippen molar-refractivity contribution in [3.05, 3.63) is 47.2 Å². The summed E-state index contributed by atoms with van der Waals surface area (Å²) >= 11 is 0. The third-order valence-electron chi connectivity index (χ3n) is 4.16. The van der Waals surface area contributed by atoms with Crippen LogP contribution in [0.1, 0.15) is 44.2 Å². The highest BCUT2D eigenvalue weighted by atomic mass is 16.5. The van der Waals surface area contributed by atoms with E-state index in [1.165, 1.54) is 0 Å². The minimum absolute atomic E-state index is 0.0123. The standard InChI is InChI=1S/C22H33N3O4/c1-4-11-24-21(27)6-5-12-29-16-22(28)25-15-19-9-7-18(8-10-19)14-20(26)13-17(2)23-3/h7-10,13,23H,4-6,11-12,14-16H2,1-3H3,(H,24,27)(H,25,28)/b17-13-. The van der Waals surface area contributed by atoms with Gasteiger partial charge in [0.2, 0.25) is 11.8 Å². The van der Waals surface area contributed by atoms with Crippen LogP contribution in [0.2, 0.25) is 0 Å². The predicted molar refractivity (Wildman–Crippen MR) is 113 cm³/mol. The maximum Gasteiger partial charge on any atom is 0.246 e. The molecule has 160 valence electrons. The van der Waals surface area contributed by atoms with E-state index in [4.69, 9.17) is 4.74 Å². The molecule has 0 atom stereocenters. The van der Waals surface area contributed by atoms with Crippen LogP contribution in [0.15, 0.2) is 36.0 Å². The third-order valence-corrected chi connectivity index (χ3v) is 4.16. The number of allylic oxidation sites excluding steroid dienone is 2. The fourth-order valence-corrected chi connectivity index (χ4v) is 2.44. The van der Waals surface area contributed by atoms with E-state index >= 15 is 0 Å². The van der Waals surface area contributed by atoms with E-state index in [-0.39, 0.29) is 24.2 Å². The molecular formula is C22H33N3O4. The van der Waals surface area contributed by atoms with Crippen LogP contribution in [0.25, 0.3) is 0 Å². The van der Waals surface area contributed by atoms with Gasteiger partial charge in [0, 0.05) is 51.4 Å². The predicted octanol–water partition coefficient (Wildman–Crippen LogP) is 1.86. The van der Waals surface area contributed by atoms with Gasteiger partial charge in [-0.2, -0.15) is 0 Å². The summed E-state index contributed by atoms with van der Waals surface area (Å²) in [5.41, 5.74) is 2.71. The van der Waals surface area contributed by atoms with Crippen molar-refractivity contribution in [1.29, 1.82) is 0 Å². The summed E-state index contributed by atoms with van der Waals surface area (Å²) in [4.78, 5) is 35.2. The van der Waals surface area contributed by atoms with Crippen LogP contribution in [0.5, 0.6) is 0 Å². The summed E-state index contributed by atoms with van der Waals surface area (Å²) in [5, 5.41) is 8.51. The number of hydrogen-bond acceptors (Lipinski definition) is 5. The van der Waals surface area contributed by atoms with Gasteiger partial charge in [0.25, 0.3) is 0 Å². The topological polar surface area (TPSA) is 96.5 Å². The minimum atomic E-state index is -0.202. The number of carbonyl (C=O) groups is 3. The molecule has 0 unspecified atom stereocenters. The van der Waals surface area contributed by atoms with Gasteiger partial charge in [-0.05, 0) is 30.9 Å². The van der Waals surface area contributed by atoms with Crippen molar-refractivity contribution in [2.75, 3.05) is 26.8 Å². The number of ether oxygens (including phenoxy) is 1. The number of nitrogens with one attached hydrogen (secondary N) is 3. The maximum absolute atomic E-state index is 11.9. The Labute approximate surface area is 173 Å². The molecule has 0 bridgehead atoms. The van der Waals surface area contributed by atoms with Gasteiger partial charge in [-0.25, -0.2) is 0 Å². The first-order chi connectivity index (χ1) is 13.9. The minimum Gasteiger partial charge on any atom is -0.392 e. The van der Waals surface area contributed by atoms with Crippen molar-refractivity contribution < 1.29 is 19.1 Å². The van der Waals surface area contributed by atoms with Crippen LogP contribution >= 0.6 is 0 Å². The number of ketones is 1. The van der Waals surface area contributed by atoms with Gasteiger partial charge < -0.3 is 20.7 Å². The van der Waals surface area contributed by atoms with Crippen molar-refractivity contribution in [3.63, 3.8) is 0 Å². The van der Waals surface area contributed by atoms with Crippen molar-refractivity contribution in [1.82, 2.24) is 16.0 Å². The highest BCUT2D eigenvalue weighted by molar-refractivity contribution is 5.91. The molecule has 1 aromatic carbocycles. The van der Waals surface area contributed by atoms with Gasteiger partial charge >= 0.3 is 0 Å². The molecule has 0 saturated heterocycles. The Kier molecular flexibility index (Phi) is 12.1. The summed E-state index contributed by atoms with van der Waals surface area (Å²) in [6.45, 7) is 5.28. The molecule has 0 fully saturated rings. The molecule has 0 aliphatic rings. The summed E-state index contributed by atoms with van der Waals surface area (Å²) < 4.78 is 5.30. The monoisotopic (exact) mass is 403 g/mol. The third kappa shape index (κ3) is 11.7. The van der Waals surface area contributed by atoms with E-state index in [0.717, 1.165) is 23.2 Å². The van der Waals surface area contributed by atoms with Crippen LogP contribution in [0.4, 0.5) is 0 Å². The Balaban J connectivity index is 2.22. The van der Waals surface area contributed by atoms with Crippen molar-refractivity contribution in [2.45, 2.75) is 46.1 Å². The fourth-order valence-electron chi connectivity index (χ4n) is 2.44. The Hall–Kier alpha value is -2.67. The molecular weight excluding hydrogens is 370 g/mol. The van der Waals surface area contributed by atoms with E-state index in [0.29, 0.717) is 39.0 Å². The molecule has 7 heteroatoms. The fraction of sp³-hybridized carbons (Fsp3) is 0.500. The Morgan fingerprint density at radius 2 is 1.72 bits per heavy atom. The lowest BCUT2D eigenvalue weighted by Gasteiger charge is -2.08. The highest BCUT2D eigenvalue weighted by Gasteiger charge is 2.05. The lowest BCUT2D eigenvalue weighted by Crippen LogP contribution is -2.27. The Bertz CT molecular complexity index is 684. The molecule has 0 aromatic heterocycles. The number of amides is 2. The van der Waals surface area contributed by atoms with Crippen LogP contribution in [-0.2, 0) is 32.1 Å². The van der Waals surface area contributed by atoms with Crippen LogP contribution < -0.4 is 16.0 Å². The summed E-state index contributed by atoms with van der Waals surface area (Å²) in [7, 11) is 1.78. The molecule has 0 saturated carbocycles. The second-order valence-corrected chi connectivity index (χ2v) is 6.82. The Morgan fingerprint density at radius 3 is 2.38 bits per heavy atom. The molecule has 1 rings (SSSR count). The summed E-state index contributed by atoms with van der Waals surface area (Å²) in [6.07, 6.45) is 3.84. The summed E-state index contributed by atoms with van der Waals surface area (Å²) in [5.74, 6) is -0.150. The van der Waals surface area contributed by atoms with Crippen LogP contribution in [-0.4, -0.2) is 44.4 Å². The molecule has 0 spiro atoms. The SMILES string of the molecule is CCCNC(=O)CCCOCC(=O)NCc1ccc(CC(=O)/C=C(/C)NC)cc1. The molecule has 0 heterocycles. The van der Waals surface area contributed by atoms with Crippen molar-refractivity contribution >= 4 is 17.6 Å². The number of carbonyl (C=O) groups excluding carboxylic acids is 3. The first kappa shape index (κ1) is 24.4. The molecule has 1 aromatic rings. The number of hydrogen-bond donors (Lipinski definition) is 3. The van der Waals surface area contributed by atoms with Gasteiger partial charge in [-0.3, -0.25) is 14.4 Å². The van der Waals surface area contributed by atoms with E-state index in [2.05, 4.69) is 16.0 Å². The van der Waals surface area contributed by atoms with Crippen LogP contribution in [0, 0.1) is 0 Å². The number of rotatable bonds is 14. The highest BCUT2D eigenvalue weighted by Crippen LogP contribution is 2.06. The quantitative estimate of drug-likeness (QED) is 0.325. The van der Waals surface area contributed by atoms with Gasteiger partial charge in [0.1, 0.15) is 6.61 Å². The first-order valence-electron chi connectivity index (χ1n) is 10.0. The molecule has 7 nitrogen and oxygen atoms in total. The second kappa shape index (κ2) is 14.3. The maximum atomic E-state index is 11.9. The van der Waals surface area contributed by atoms with E-state index in [9.17, 15) is 14.4 Å². The van der Waals surface area contributed by atoms with E-state index in [1.54, 1.807) is 13.1 Å². The molecule has 0 aliphatic heterocycles. The van der Waals surface area contributed by atoms with Crippen LogP contribution in [0.3, 0.4) is 0 Å². The van der Waals surface area contributed by atoms with E-state index in [1.807, 2.05) is 38.1 Å². The summed E-state index contributed by atoms with van der Waals surface area (Å²) in [6, 6.07) is 7.57. The van der Waals surface area contributed by atoms with E-state index < -0.39 is 0 Å². The lowest BCUT2D eigenvalue weighted by atomic mass is 10.1.